The van der Waals surface area contributed by atoms with Gasteiger partial charge in [-0.1, -0.05) is 13.8 Å². The molecular weight excluding hydrogens is 344 g/mol. The summed E-state index contributed by atoms with van der Waals surface area (Å²) < 4.78 is 6.76. The highest BCUT2D eigenvalue weighted by Crippen LogP contribution is 2.27. The maximum atomic E-state index is 13.0. The standard InChI is InChI=1S/C20H32N4O3/c1-14(2)13-24-17-7-6-15(21-9-8-18(25)27-3)12-16(17)19(22-24)20(26)23-10-4-5-11-23/h14-15,21H,4-13H2,1-3H3. The van der Waals surface area contributed by atoms with E-state index in [1.165, 1.54) is 12.8 Å². The molecule has 0 radical (unpaired) electrons. The molecule has 1 amide bonds. The Morgan fingerprint density at radius 1 is 1.30 bits per heavy atom. The molecule has 0 aromatic carbocycles. The van der Waals surface area contributed by atoms with E-state index in [0.717, 1.165) is 57.3 Å². The predicted octanol–water partition coefficient (Wildman–Crippen LogP) is 1.79. The number of carbonyl (C=O) groups excluding carboxylic acids is 2. The fourth-order valence-electron chi connectivity index (χ4n) is 4.08. The van der Waals surface area contributed by atoms with Crippen LogP contribution in [0.1, 0.15) is 61.3 Å². The van der Waals surface area contributed by atoms with E-state index in [-0.39, 0.29) is 17.9 Å². The lowest BCUT2D eigenvalue weighted by Gasteiger charge is -2.25. The molecule has 0 saturated carbocycles. The van der Waals surface area contributed by atoms with Gasteiger partial charge in [0.25, 0.3) is 5.91 Å². The van der Waals surface area contributed by atoms with Gasteiger partial charge in [0.05, 0.1) is 13.5 Å². The summed E-state index contributed by atoms with van der Waals surface area (Å²) in [4.78, 5) is 26.3. The highest BCUT2D eigenvalue weighted by Gasteiger charge is 2.32. The van der Waals surface area contributed by atoms with Crippen molar-refractivity contribution in [2.75, 3.05) is 26.7 Å². The number of amides is 1. The number of carbonyl (C=O) groups is 2. The number of ether oxygens (including phenoxy) is 1. The van der Waals surface area contributed by atoms with E-state index in [0.29, 0.717) is 24.6 Å². The van der Waals surface area contributed by atoms with Gasteiger partial charge < -0.3 is 15.0 Å². The molecule has 0 bridgehead atoms. The summed E-state index contributed by atoms with van der Waals surface area (Å²) in [5.74, 6) is 0.370. The van der Waals surface area contributed by atoms with Crippen LogP contribution in [-0.4, -0.2) is 59.3 Å². The number of hydrogen-bond donors (Lipinski definition) is 1. The first kappa shape index (κ1) is 19.9. The van der Waals surface area contributed by atoms with Gasteiger partial charge in [-0.3, -0.25) is 14.3 Å². The molecule has 1 N–H and O–H groups in total. The zero-order chi connectivity index (χ0) is 19.4. The number of aromatic nitrogens is 2. The molecule has 7 nitrogen and oxygen atoms in total. The zero-order valence-corrected chi connectivity index (χ0v) is 16.8. The van der Waals surface area contributed by atoms with Crippen molar-refractivity contribution in [1.82, 2.24) is 20.0 Å². The number of nitrogens with one attached hydrogen (secondary N) is 1. The molecule has 1 saturated heterocycles. The van der Waals surface area contributed by atoms with Crippen LogP contribution in [0.2, 0.25) is 0 Å². The molecule has 1 aliphatic carbocycles. The highest BCUT2D eigenvalue weighted by atomic mass is 16.5. The van der Waals surface area contributed by atoms with Crippen LogP contribution < -0.4 is 5.32 Å². The van der Waals surface area contributed by atoms with Gasteiger partial charge >= 0.3 is 5.97 Å². The maximum absolute atomic E-state index is 13.0. The van der Waals surface area contributed by atoms with Gasteiger partial charge in [-0.15, -0.1) is 0 Å². The summed E-state index contributed by atoms with van der Waals surface area (Å²) in [6, 6.07) is 0.268. The third-order valence-corrected chi connectivity index (χ3v) is 5.47. The Hall–Kier alpha value is -1.89. The summed E-state index contributed by atoms with van der Waals surface area (Å²) in [5, 5.41) is 8.21. The van der Waals surface area contributed by atoms with Crippen LogP contribution in [0.5, 0.6) is 0 Å². The molecule has 1 aromatic rings. The lowest BCUT2D eigenvalue weighted by molar-refractivity contribution is -0.140. The van der Waals surface area contributed by atoms with Crippen LogP contribution in [0.4, 0.5) is 0 Å². The predicted molar refractivity (Wildman–Crippen MR) is 103 cm³/mol. The van der Waals surface area contributed by atoms with E-state index in [2.05, 4.69) is 23.8 Å². The van der Waals surface area contributed by atoms with Crippen LogP contribution in [0, 0.1) is 5.92 Å². The number of hydrogen-bond acceptors (Lipinski definition) is 5. The van der Waals surface area contributed by atoms with E-state index >= 15 is 0 Å². The summed E-state index contributed by atoms with van der Waals surface area (Å²) in [7, 11) is 1.41. The van der Waals surface area contributed by atoms with Crippen molar-refractivity contribution < 1.29 is 14.3 Å². The monoisotopic (exact) mass is 376 g/mol. The molecule has 27 heavy (non-hydrogen) atoms. The van der Waals surface area contributed by atoms with E-state index in [9.17, 15) is 9.59 Å². The van der Waals surface area contributed by atoms with Crippen LogP contribution in [0.3, 0.4) is 0 Å². The fourth-order valence-corrected chi connectivity index (χ4v) is 4.08. The Labute approximate surface area is 161 Å². The average Bonchev–Trinajstić information content (AvgIpc) is 3.29. The lowest BCUT2D eigenvalue weighted by atomic mass is 9.91. The smallest absolute Gasteiger partial charge is 0.306 e. The van der Waals surface area contributed by atoms with E-state index in [4.69, 9.17) is 9.84 Å². The summed E-state index contributed by atoms with van der Waals surface area (Å²) in [6.07, 6.45) is 5.24. The van der Waals surface area contributed by atoms with Crippen LogP contribution in [0.15, 0.2) is 0 Å². The van der Waals surface area contributed by atoms with Gasteiger partial charge in [-0.2, -0.15) is 5.10 Å². The molecule has 3 rings (SSSR count). The fraction of sp³-hybridized carbons (Fsp3) is 0.750. The van der Waals surface area contributed by atoms with Crippen molar-refractivity contribution in [3.63, 3.8) is 0 Å². The minimum absolute atomic E-state index is 0.0847. The Kier molecular flexibility index (Phi) is 6.52. The van der Waals surface area contributed by atoms with Gasteiger partial charge in [-0.25, -0.2) is 0 Å². The van der Waals surface area contributed by atoms with Crippen molar-refractivity contribution in [2.45, 2.75) is 65.0 Å². The Bertz CT molecular complexity index is 677. The lowest BCUT2D eigenvalue weighted by Crippen LogP contribution is -2.37. The molecule has 7 heteroatoms. The number of nitrogens with zero attached hydrogens (tertiary/aromatic N) is 3. The summed E-state index contributed by atoms with van der Waals surface area (Å²) in [5.41, 5.74) is 2.97. The van der Waals surface area contributed by atoms with Gasteiger partial charge in [0.2, 0.25) is 0 Å². The molecule has 1 atom stereocenters. The molecule has 1 aromatic heterocycles. The van der Waals surface area contributed by atoms with Crippen molar-refractivity contribution in [2.24, 2.45) is 5.92 Å². The van der Waals surface area contributed by atoms with Gasteiger partial charge in [-0.05, 0) is 38.0 Å². The molecule has 2 aliphatic rings. The molecule has 1 fully saturated rings. The topological polar surface area (TPSA) is 76.5 Å². The van der Waals surface area contributed by atoms with Crippen molar-refractivity contribution in [3.05, 3.63) is 17.0 Å². The third-order valence-electron chi connectivity index (χ3n) is 5.47. The number of rotatable bonds is 7. The minimum atomic E-state index is -0.200. The molecule has 0 spiro atoms. The quantitative estimate of drug-likeness (QED) is 0.734. The number of likely N-dealkylation sites (tertiary alicyclic amines) is 1. The Morgan fingerprint density at radius 2 is 2.04 bits per heavy atom. The average molecular weight is 377 g/mol. The minimum Gasteiger partial charge on any atom is -0.469 e. The van der Waals surface area contributed by atoms with Crippen LogP contribution in [0.25, 0.3) is 0 Å². The Morgan fingerprint density at radius 3 is 2.70 bits per heavy atom. The number of methoxy groups -OCH3 is 1. The molecular formula is C20H32N4O3. The van der Waals surface area contributed by atoms with Crippen molar-refractivity contribution >= 4 is 11.9 Å². The van der Waals surface area contributed by atoms with Crippen molar-refractivity contribution in [1.29, 1.82) is 0 Å². The maximum Gasteiger partial charge on any atom is 0.306 e. The summed E-state index contributed by atoms with van der Waals surface area (Å²) >= 11 is 0. The number of fused-ring (bicyclic) bond motifs is 1. The van der Waals surface area contributed by atoms with E-state index < -0.39 is 0 Å². The van der Waals surface area contributed by atoms with E-state index in [1.807, 2.05) is 4.90 Å². The van der Waals surface area contributed by atoms with Gasteiger partial charge in [0, 0.05) is 43.5 Å². The van der Waals surface area contributed by atoms with Gasteiger partial charge in [0.1, 0.15) is 0 Å². The van der Waals surface area contributed by atoms with E-state index in [1.54, 1.807) is 0 Å². The zero-order valence-electron chi connectivity index (χ0n) is 16.8. The highest BCUT2D eigenvalue weighted by molar-refractivity contribution is 5.94. The van der Waals surface area contributed by atoms with Crippen molar-refractivity contribution in [3.8, 4) is 0 Å². The first-order chi connectivity index (χ1) is 13.0. The molecule has 1 aliphatic heterocycles. The Balaban J connectivity index is 1.76. The van der Waals surface area contributed by atoms with Gasteiger partial charge in [0.15, 0.2) is 5.69 Å². The largest absolute Gasteiger partial charge is 0.469 e. The van der Waals surface area contributed by atoms with Crippen LogP contribution >= 0.6 is 0 Å². The second-order valence-electron chi connectivity index (χ2n) is 8.07. The normalized spacial score (nSPS) is 19.4. The summed E-state index contributed by atoms with van der Waals surface area (Å²) in [6.45, 7) is 7.47. The number of esters is 1. The molecule has 1 unspecified atom stereocenters. The second-order valence-corrected chi connectivity index (χ2v) is 8.07. The molecule has 150 valence electrons. The second kappa shape index (κ2) is 8.87. The molecule has 2 heterocycles. The third kappa shape index (κ3) is 4.69. The first-order valence-electron chi connectivity index (χ1n) is 10.2. The SMILES string of the molecule is COC(=O)CCNC1CCc2c(c(C(=O)N3CCCC3)nn2CC(C)C)C1. The van der Waals surface area contributed by atoms with Crippen LogP contribution in [-0.2, 0) is 28.9 Å². The first-order valence-corrected chi connectivity index (χ1v) is 10.2.